The molecule has 154 valence electrons. The van der Waals surface area contributed by atoms with Crippen LogP contribution in [0.15, 0.2) is 18.3 Å². The number of ether oxygens (including phenoxy) is 2. The van der Waals surface area contributed by atoms with Gasteiger partial charge in [-0.3, -0.25) is 0 Å². The Balaban J connectivity index is 1.88. The highest BCUT2D eigenvalue weighted by Crippen LogP contribution is 2.38. The Labute approximate surface area is 169 Å². The topological polar surface area (TPSA) is 54.7 Å². The second-order valence-corrected chi connectivity index (χ2v) is 15.3. The van der Waals surface area contributed by atoms with E-state index < -0.39 is 26.4 Å². The fourth-order valence-corrected chi connectivity index (χ4v) is 3.92. The van der Waals surface area contributed by atoms with Gasteiger partial charge in [0.15, 0.2) is 0 Å². The number of hydrogen-bond donors (Lipinski definition) is 0. The minimum absolute atomic E-state index is 0.400. The van der Waals surface area contributed by atoms with Crippen LogP contribution in [0.2, 0.25) is 25.7 Å². The summed E-state index contributed by atoms with van der Waals surface area (Å²) in [5.74, 6) is 0.724. The highest BCUT2D eigenvalue weighted by molar-refractivity contribution is 6.76. The highest BCUT2D eigenvalue weighted by atomic mass is 28.3. The van der Waals surface area contributed by atoms with Crippen LogP contribution in [-0.4, -0.2) is 49.9 Å². The van der Waals surface area contributed by atoms with Crippen LogP contribution in [0.4, 0.5) is 0 Å². The van der Waals surface area contributed by atoms with Crippen molar-refractivity contribution in [1.82, 2.24) is 9.78 Å². The second-order valence-electron chi connectivity index (χ2n) is 9.71. The number of hydrogen-bond acceptors (Lipinski definition) is 5. The lowest BCUT2D eigenvalue weighted by molar-refractivity contribution is 0.00578. The molecule has 2 aromatic rings. The number of aromatic nitrogens is 2. The van der Waals surface area contributed by atoms with Crippen LogP contribution < -0.4 is 10.2 Å². The molecule has 0 radical (unpaired) electrons. The van der Waals surface area contributed by atoms with E-state index in [9.17, 15) is 0 Å². The Hall–Kier alpha value is -1.35. The first-order valence-electron chi connectivity index (χ1n) is 9.91. The number of nitrogens with zero attached hydrogens (tertiary/aromatic N) is 2. The van der Waals surface area contributed by atoms with E-state index in [4.69, 9.17) is 18.8 Å². The molecule has 0 spiro atoms. The summed E-state index contributed by atoms with van der Waals surface area (Å²) in [6, 6.07) is 5.16. The summed E-state index contributed by atoms with van der Waals surface area (Å²) in [6.45, 7) is 16.4. The summed E-state index contributed by atoms with van der Waals surface area (Å²) >= 11 is 0. The number of rotatable bonds is 7. The number of methoxy groups -OCH3 is 1. The third-order valence-electron chi connectivity index (χ3n) is 5.71. The van der Waals surface area contributed by atoms with Crippen LogP contribution in [0.1, 0.15) is 27.7 Å². The van der Waals surface area contributed by atoms with Crippen molar-refractivity contribution in [2.24, 2.45) is 0 Å². The third-order valence-corrected chi connectivity index (χ3v) is 7.41. The molecule has 2 heterocycles. The van der Waals surface area contributed by atoms with Crippen molar-refractivity contribution in [3.8, 4) is 5.75 Å². The predicted molar refractivity (Wildman–Crippen MR) is 116 cm³/mol. The minimum atomic E-state index is -1.12. The molecule has 0 bridgehead atoms. The van der Waals surface area contributed by atoms with Crippen molar-refractivity contribution in [2.45, 2.75) is 71.3 Å². The lowest BCUT2D eigenvalue weighted by atomic mass is 9.78. The third kappa shape index (κ3) is 4.15. The van der Waals surface area contributed by atoms with Gasteiger partial charge in [0.2, 0.25) is 0 Å². The van der Waals surface area contributed by atoms with Gasteiger partial charge in [-0.15, -0.1) is 0 Å². The van der Waals surface area contributed by atoms with E-state index in [1.165, 1.54) is 0 Å². The Morgan fingerprint density at radius 3 is 2.32 bits per heavy atom. The molecular weight excluding hydrogens is 371 g/mol. The molecule has 0 aliphatic carbocycles. The van der Waals surface area contributed by atoms with Gasteiger partial charge < -0.3 is 18.8 Å². The first kappa shape index (κ1) is 21.4. The van der Waals surface area contributed by atoms with Crippen LogP contribution >= 0.6 is 0 Å². The zero-order valence-electron chi connectivity index (χ0n) is 18.5. The molecular formula is C20H33BN2O4Si. The van der Waals surface area contributed by atoms with Crippen LogP contribution in [-0.2, 0) is 20.8 Å². The van der Waals surface area contributed by atoms with E-state index in [0.717, 1.165) is 34.8 Å². The molecule has 28 heavy (non-hydrogen) atoms. The van der Waals surface area contributed by atoms with E-state index in [-0.39, 0.29) is 0 Å². The predicted octanol–water partition coefficient (Wildman–Crippen LogP) is 3.66. The number of fused-ring (bicyclic) bond motifs is 1. The average Bonchev–Trinajstić information content (AvgIpc) is 3.08. The summed E-state index contributed by atoms with van der Waals surface area (Å²) in [5.41, 5.74) is 0.968. The summed E-state index contributed by atoms with van der Waals surface area (Å²) in [6.07, 6.45) is 1.84. The first-order valence-corrected chi connectivity index (χ1v) is 13.6. The normalized spacial score (nSPS) is 18.8. The second kappa shape index (κ2) is 7.48. The van der Waals surface area contributed by atoms with Crippen molar-refractivity contribution >= 4 is 31.6 Å². The molecule has 1 aromatic heterocycles. The summed E-state index contributed by atoms with van der Waals surface area (Å²) in [7, 11) is 0.0705. The standard InChI is InChI=1S/C20H33BN2O4Si/c1-19(2)20(3,4)27-21(26-19)16-10-9-15-13-22-23(17(15)18(16)24-5)14-25-11-12-28(6,7)8/h9-10,13H,11-12,14H2,1-8H3. The van der Waals surface area contributed by atoms with E-state index in [0.29, 0.717) is 6.73 Å². The molecule has 8 heteroatoms. The maximum atomic E-state index is 6.24. The Bertz CT molecular complexity index is 829. The highest BCUT2D eigenvalue weighted by Gasteiger charge is 2.52. The SMILES string of the molecule is COc1c(B2OC(C)(C)C(C)(C)O2)ccc2cnn(COCC[Si](C)(C)C)c12. The summed E-state index contributed by atoms with van der Waals surface area (Å²) in [4.78, 5) is 0. The number of benzene rings is 1. The van der Waals surface area contributed by atoms with Crippen LogP contribution in [0.5, 0.6) is 5.75 Å². The molecule has 0 N–H and O–H groups in total. The molecule has 1 aliphatic rings. The molecule has 3 rings (SSSR count). The maximum absolute atomic E-state index is 6.24. The van der Waals surface area contributed by atoms with Gasteiger partial charge in [-0.05, 0) is 33.7 Å². The smallest absolute Gasteiger partial charge is 0.495 e. The summed E-state index contributed by atoms with van der Waals surface area (Å²) < 4.78 is 26.0. The molecule has 0 unspecified atom stereocenters. The Morgan fingerprint density at radius 2 is 1.75 bits per heavy atom. The largest absolute Gasteiger partial charge is 0.498 e. The van der Waals surface area contributed by atoms with Crippen molar-refractivity contribution in [3.63, 3.8) is 0 Å². The summed E-state index contributed by atoms with van der Waals surface area (Å²) in [5, 5.41) is 5.51. The van der Waals surface area contributed by atoms with E-state index in [2.05, 4.69) is 52.4 Å². The molecule has 1 saturated heterocycles. The Morgan fingerprint density at radius 1 is 1.11 bits per heavy atom. The molecule has 1 fully saturated rings. The molecule has 1 aromatic carbocycles. The van der Waals surface area contributed by atoms with E-state index >= 15 is 0 Å². The average molecular weight is 404 g/mol. The van der Waals surface area contributed by atoms with Gasteiger partial charge in [0.25, 0.3) is 0 Å². The van der Waals surface area contributed by atoms with Crippen molar-refractivity contribution in [1.29, 1.82) is 0 Å². The maximum Gasteiger partial charge on any atom is 0.498 e. The monoisotopic (exact) mass is 404 g/mol. The lowest BCUT2D eigenvalue weighted by Crippen LogP contribution is -2.41. The van der Waals surface area contributed by atoms with E-state index in [1.807, 2.05) is 23.0 Å². The molecule has 0 saturated carbocycles. The fourth-order valence-electron chi connectivity index (χ4n) is 3.16. The van der Waals surface area contributed by atoms with Crippen LogP contribution in [0.3, 0.4) is 0 Å². The molecule has 0 atom stereocenters. The van der Waals surface area contributed by atoms with Gasteiger partial charge in [-0.1, -0.05) is 31.8 Å². The Kier molecular flexibility index (Phi) is 5.71. The quantitative estimate of drug-likeness (QED) is 0.521. The first-order chi connectivity index (χ1) is 13.0. The lowest BCUT2D eigenvalue weighted by Gasteiger charge is -2.32. The van der Waals surface area contributed by atoms with E-state index in [1.54, 1.807) is 7.11 Å². The molecule has 6 nitrogen and oxygen atoms in total. The van der Waals surface area contributed by atoms with Gasteiger partial charge in [0.1, 0.15) is 18.0 Å². The van der Waals surface area contributed by atoms with Gasteiger partial charge in [0.05, 0.1) is 24.5 Å². The van der Waals surface area contributed by atoms with Gasteiger partial charge in [-0.25, -0.2) is 4.68 Å². The molecule has 0 amide bonds. The van der Waals surface area contributed by atoms with Crippen LogP contribution in [0, 0.1) is 0 Å². The zero-order valence-corrected chi connectivity index (χ0v) is 19.5. The fraction of sp³-hybridized carbons (Fsp3) is 0.650. The minimum Gasteiger partial charge on any atom is -0.495 e. The van der Waals surface area contributed by atoms with Gasteiger partial charge in [0, 0.05) is 25.5 Å². The van der Waals surface area contributed by atoms with Crippen molar-refractivity contribution < 1.29 is 18.8 Å². The van der Waals surface area contributed by atoms with Crippen LogP contribution in [0.25, 0.3) is 10.9 Å². The molecule has 1 aliphatic heterocycles. The van der Waals surface area contributed by atoms with Crippen molar-refractivity contribution in [2.75, 3.05) is 13.7 Å². The zero-order chi connectivity index (χ0) is 20.7. The van der Waals surface area contributed by atoms with Crippen molar-refractivity contribution in [3.05, 3.63) is 18.3 Å². The van der Waals surface area contributed by atoms with Gasteiger partial charge in [-0.2, -0.15) is 5.10 Å². The van der Waals surface area contributed by atoms with Gasteiger partial charge >= 0.3 is 7.12 Å².